The Hall–Kier alpha value is -1.23. The van der Waals surface area contributed by atoms with Crippen molar-refractivity contribution < 1.29 is 27.1 Å². The quantitative estimate of drug-likeness (QED) is 0.548. The first-order valence-electron chi connectivity index (χ1n) is 7.92. The molecule has 1 aliphatic rings. The van der Waals surface area contributed by atoms with Gasteiger partial charge >= 0.3 is 10.4 Å². The summed E-state index contributed by atoms with van der Waals surface area (Å²) in [5, 5.41) is 2.90. The molecule has 3 N–H and O–H groups in total. The molecule has 0 unspecified atom stereocenters. The van der Waals surface area contributed by atoms with Crippen molar-refractivity contribution >= 4 is 22.2 Å². The minimum atomic E-state index is -4.67. The molecular formula is C14H29N3O6S. The summed E-state index contributed by atoms with van der Waals surface area (Å²) in [6, 6.07) is 0.939. The van der Waals surface area contributed by atoms with E-state index in [-0.39, 0.29) is 18.4 Å². The highest BCUT2D eigenvalue weighted by molar-refractivity contribution is 7.79. The van der Waals surface area contributed by atoms with Crippen molar-refractivity contribution in [1.29, 1.82) is 0 Å². The SMILES string of the molecule is CC(C)N(CCNC(=O)CN1CCCC1=O)C(C)C.O=S(=O)(O)O. The zero-order valence-corrected chi connectivity index (χ0v) is 15.5. The first-order chi connectivity index (χ1) is 10.9. The van der Waals surface area contributed by atoms with Crippen LogP contribution in [0.1, 0.15) is 40.5 Å². The number of amides is 2. The second kappa shape index (κ2) is 10.6. The van der Waals surface area contributed by atoms with Crippen molar-refractivity contribution in [2.45, 2.75) is 52.6 Å². The van der Waals surface area contributed by atoms with Crippen molar-refractivity contribution in [3.05, 3.63) is 0 Å². The number of nitrogens with one attached hydrogen (secondary N) is 1. The molecule has 10 heteroatoms. The average Bonchev–Trinajstić information content (AvgIpc) is 2.77. The van der Waals surface area contributed by atoms with Crippen molar-refractivity contribution in [2.75, 3.05) is 26.2 Å². The van der Waals surface area contributed by atoms with Gasteiger partial charge in [0.05, 0.1) is 6.54 Å². The molecule has 142 valence electrons. The van der Waals surface area contributed by atoms with Crippen LogP contribution in [0.5, 0.6) is 0 Å². The van der Waals surface area contributed by atoms with E-state index in [2.05, 4.69) is 37.9 Å². The Morgan fingerprint density at radius 2 is 1.75 bits per heavy atom. The molecular weight excluding hydrogens is 338 g/mol. The molecule has 1 heterocycles. The minimum Gasteiger partial charge on any atom is -0.353 e. The molecule has 0 aliphatic carbocycles. The maximum Gasteiger partial charge on any atom is 0.394 e. The van der Waals surface area contributed by atoms with E-state index < -0.39 is 10.4 Å². The van der Waals surface area contributed by atoms with E-state index in [0.29, 0.717) is 25.0 Å². The summed E-state index contributed by atoms with van der Waals surface area (Å²) in [6.45, 7) is 11.0. The van der Waals surface area contributed by atoms with Crippen molar-refractivity contribution in [2.24, 2.45) is 0 Å². The Morgan fingerprint density at radius 3 is 2.12 bits per heavy atom. The van der Waals surface area contributed by atoms with E-state index in [1.165, 1.54) is 0 Å². The van der Waals surface area contributed by atoms with Crippen LogP contribution in [0.25, 0.3) is 0 Å². The number of rotatable bonds is 7. The topological polar surface area (TPSA) is 127 Å². The monoisotopic (exact) mass is 367 g/mol. The van der Waals surface area contributed by atoms with Crippen LogP contribution in [0.3, 0.4) is 0 Å². The van der Waals surface area contributed by atoms with Gasteiger partial charge in [0.2, 0.25) is 11.8 Å². The Bertz CT molecular complexity index is 491. The van der Waals surface area contributed by atoms with E-state index in [4.69, 9.17) is 17.5 Å². The summed E-state index contributed by atoms with van der Waals surface area (Å²) in [4.78, 5) is 27.1. The van der Waals surface area contributed by atoms with Crippen LogP contribution in [0, 0.1) is 0 Å². The third-order valence-electron chi connectivity index (χ3n) is 3.52. The van der Waals surface area contributed by atoms with Crippen molar-refractivity contribution in [3.63, 3.8) is 0 Å². The summed E-state index contributed by atoms with van der Waals surface area (Å²) in [5.41, 5.74) is 0. The summed E-state index contributed by atoms with van der Waals surface area (Å²) in [5.74, 6) is 0.0452. The Balaban J connectivity index is 0.000000922. The number of likely N-dealkylation sites (tertiary alicyclic amines) is 1. The molecule has 1 fully saturated rings. The van der Waals surface area contributed by atoms with Crippen LogP contribution < -0.4 is 5.32 Å². The minimum absolute atomic E-state index is 0.0530. The van der Waals surface area contributed by atoms with E-state index in [0.717, 1.165) is 19.5 Å². The van der Waals surface area contributed by atoms with E-state index in [1.54, 1.807) is 4.90 Å². The molecule has 0 radical (unpaired) electrons. The number of hydrogen-bond acceptors (Lipinski definition) is 5. The first-order valence-corrected chi connectivity index (χ1v) is 9.31. The van der Waals surface area contributed by atoms with Gasteiger partial charge in [-0.05, 0) is 34.1 Å². The molecule has 0 spiro atoms. The van der Waals surface area contributed by atoms with Crippen LogP contribution in [0.2, 0.25) is 0 Å². The van der Waals surface area contributed by atoms with Gasteiger partial charge in [0.25, 0.3) is 0 Å². The summed E-state index contributed by atoms with van der Waals surface area (Å²) in [6.07, 6.45) is 1.46. The lowest BCUT2D eigenvalue weighted by Gasteiger charge is -2.30. The van der Waals surface area contributed by atoms with Crippen LogP contribution in [0.4, 0.5) is 0 Å². The molecule has 0 bridgehead atoms. The highest BCUT2D eigenvalue weighted by Crippen LogP contribution is 2.08. The molecule has 0 aromatic heterocycles. The Labute approximate surface area is 144 Å². The fraction of sp³-hybridized carbons (Fsp3) is 0.857. The fourth-order valence-corrected chi connectivity index (χ4v) is 2.54. The number of hydrogen-bond donors (Lipinski definition) is 3. The molecule has 0 saturated carbocycles. The van der Waals surface area contributed by atoms with Gasteiger partial charge < -0.3 is 10.2 Å². The van der Waals surface area contributed by atoms with Gasteiger partial charge in [0.15, 0.2) is 0 Å². The third-order valence-corrected chi connectivity index (χ3v) is 3.52. The second-order valence-corrected chi connectivity index (χ2v) is 7.04. The van der Waals surface area contributed by atoms with Crippen LogP contribution in [0.15, 0.2) is 0 Å². The molecule has 24 heavy (non-hydrogen) atoms. The first kappa shape index (κ1) is 22.8. The summed E-state index contributed by atoms with van der Waals surface area (Å²) < 4.78 is 31.6. The van der Waals surface area contributed by atoms with E-state index in [9.17, 15) is 9.59 Å². The van der Waals surface area contributed by atoms with Gasteiger partial charge in [-0.25, -0.2) is 0 Å². The molecule has 0 aromatic rings. The lowest BCUT2D eigenvalue weighted by Crippen LogP contribution is -2.44. The van der Waals surface area contributed by atoms with Gasteiger partial charge in [-0.3, -0.25) is 23.6 Å². The fourth-order valence-electron chi connectivity index (χ4n) is 2.54. The van der Waals surface area contributed by atoms with Crippen LogP contribution >= 0.6 is 0 Å². The standard InChI is InChI=1S/C14H27N3O2.H2O4S/c1-11(2)17(12(3)4)9-7-15-13(18)10-16-8-5-6-14(16)19;1-5(2,3)4/h11-12H,5-10H2,1-4H3,(H,15,18);(H2,1,2,3,4). The van der Waals surface area contributed by atoms with Gasteiger partial charge in [-0.2, -0.15) is 8.42 Å². The van der Waals surface area contributed by atoms with Gasteiger partial charge in [0.1, 0.15) is 0 Å². The average molecular weight is 367 g/mol. The number of nitrogens with zero attached hydrogens (tertiary/aromatic N) is 2. The van der Waals surface area contributed by atoms with E-state index >= 15 is 0 Å². The zero-order valence-electron chi connectivity index (χ0n) is 14.7. The lowest BCUT2D eigenvalue weighted by atomic mass is 10.2. The highest BCUT2D eigenvalue weighted by Gasteiger charge is 2.22. The van der Waals surface area contributed by atoms with Gasteiger partial charge in [-0.1, -0.05) is 0 Å². The Morgan fingerprint density at radius 1 is 1.25 bits per heavy atom. The van der Waals surface area contributed by atoms with Crippen LogP contribution in [-0.2, 0) is 20.0 Å². The molecule has 0 atom stereocenters. The van der Waals surface area contributed by atoms with Gasteiger partial charge in [-0.15, -0.1) is 0 Å². The number of carbonyl (C=O) groups excluding carboxylic acids is 2. The molecule has 2 amide bonds. The van der Waals surface area contributed by atoms with Gasteiger partial charge in [0, 0.05) is 38.1 Å². The van der Waals surface area contributed by atoms with E-state index in [1.807, 2.05) is 0 Å². The number of carbonyl (C=O) groups is 2. The predicted molar refractivity (Wildman–Crippen MR) is 90.0 cm³/mol. The largest absolute Gasteiger partial charge is 0.394 e. The second-order valence-electron chi connectivity index (χ2n) is 6.14. The van der Waals surface area contributed by atoms with Crippen LogP contribution in [-0.4, -0.2) is 77.4 Å². The normalized spacial score (nSPS) is 15.0. The van der Waals surface area contributed by atoms with Crippen molar-refractivity contribution in [1.82, 2.24) is 15.1 Å². The molecule has 1 saturated heterocycles. The van der Waals surface area contributed by atoms with Crippen molar-refractivity contribution in [3.8, 4) is 0 Å². The maximum atomic E-state index is 11.7. The lowest BCUT2D eigenvalue weighted by molar-refractivity contribution is -0.133. The molecule has 9 nitrogen and oxygen atoms in total. The summed E-state index contributed by atoms with van der Waals surface area (Å²) >= 11 is 0. The highest BCUT2D eigenvalue weighted by atomic mass is 32.3. The smallest absolute Gasteiger partial charge is 0.353 e. The molecule has 1 aliphatic heterocycles. The third kappa shape index (κ3) is 11.3. The Kier molecular flexibility index (Phi) is 10.1. The molecule has 1 rings (SSSR count). The zero-order chi connectivity index (χ0) is 18.9. The molecule has 0 aromatic carbocycles. The maximum absolute atomic E-state index is 11.7. The predicted octanol–water partition coefficient (Wildman–Crippen LogP) is 0.191. The summed E-state index contributed by atoms with van der Waals surface area (Å²) in [7, 11) is -4.67.